The zero-order valence-electron chi connectivity index (χ0n) is 17.8. The standard InChI is InChI=1S/C25H21N3O5/c1-2-19(16-8-4-3-5-9-16)24(29)27-22-20-10-6-7-11-21(20)33-23(22)25(30)26-17-12-14-18(15-13-17)28(31)32/h3-15,19H,2H2,1H3,(H,26,30)(H,27,29). The first-order chi connectivity index (χ1) is 16.0. The van der Waals surface area contributed by atoms with Crippen molar-refractivity contribution in [3.05, 3.63) is 100 Å². The highest BCUT2D eigenvalue weighted by Crippen LogP contribution is 2.33. The van der Waals surface area contributed by atoms with E-state index >= 15 is 0 Å². The molecule has 166 valence electrons. The summed E-state index contributed by atoms with van der Waals surface area (Å²) < 4.78 is 5.78. The average Bonchev–Trinajstić information content (AvgIpc) is 3.19. The fourth-order valence-electron chi connectivity index (χ4n) is 3.65. The molecule has 1 atom stereocenters. The van der Waals surface area contributed by atoms with Gasteiger partial charge in [-0.3, -0.25) is 19.7 Å². The van der Waals surface area contributed by atoms with Crippen molar-refractivity contribution in [3.63, 3.8) is 0 Å². The third-order valence-corrected chi connectivity index (χ3v) is 5.31. The maximum absolute atomic E-state index is 13.2. The van der Waals surface area contributed by atoms with Gasteiger partial charge in [0.1, 0.15) is 11.3 Å². The summed E-state index contributed by atoms with van der Waals surface area (Å²) in [5.74, 6) is -1.28. The second-order valence-corrected chi connectivity index (χ2v) is 7.42. The Morgan fingerprint density at radius 1 is 0.939 bits per heavy atom. The summed E-state index contributed by atoms with van der Waals surface area (Å²) in [7, 11) is 0. The normalized spacial score (nSPS) is 11.7. The molecule has 0 aliphatic carbocycles. The molecule has 4 rings (SSSR count). The maximum atomic E-state index is 13.2. The van der Waals surface area contributed by atoms with E-state index in [1.165, 1.54) is 24.3 Å². The summed E-state index contributed by atoms with van der Waals surface area (Å²) in [4.78, 5) is 36.5. The van der Waals surface area contributed by atoms with Crippen LogP contribution in [0, 0.1) is 10.1 Å². The topological polar surface area (TPSA) is 114 Å². The molecule has 3 aromatic carbocycles. The van der Waals surface area contributed by atoms with Gasteiger partial charge in [-0.2, -0.15) is 0 Å². The number of hydrogen-bond acceptors (Lipinski definition) is 5. The molecule has 0 aliphatic heterocycles. The van der Waals surface area contributed by atoms with Crippen LogP contribution in [0.15, 0.2) is 83.3 Å². The molecule has 0 bridgehead atoms. The summed E-state index contributed by atoms with van der Waals surface area (Å²) in [5, 5.41) is 17.0. The van der Waals surface area contributed by atoms with Crippen molar-refractivity contribution in [1.29, 1.82) is 0 Å². The number of nitrogens with one attached hydrogen (secondary N) is 2. The summed E-state index contributed by atoms with van der Waals surface area (Å²) in [5.41, 5.74) is 1.89. The van der Waals surface area contributed by atoms with E-state index in [4.69, 9.17) is 4.42 Å². The zero-order valence-corrected chi connectivity index (χ0v) is 17.8. The molecule has 4 aromatic rings. The van der Waals surface area contributed by atoms with Crippen molar-refractivity contribution in [2.75, 3.05) is 10.6 Å². The number of rotatable bonds is 7. The highest BCUT2D eigenvalue weighted by Gasteiger charge is 2.26. The fraction of sp³-hybridized carbons (Fsp3) is 0.120. The SMILES string of the molecule is CCC(C(=O)Nc1c(C(=O)Nc2ccc([N+](=O)[O-])cc2)oc2ccccc12)c1ccccc1. The van der Waals surface area contributed by atoms with Crippen LogP contribution in [0.5, 0.6) is 0 Å². The van der Waals surface area contributed by atoms with Gasteiger partial charge in [0.25, 0.3) is 11.6 Å². The van der Waals surface area contributed by atoms with E-state index < -0.39 is 16.7 Å². The molecule has 1 heterocycles. The van der Waals surface area contributed by atoms with Crippen LogP contribution in [0.1, 0.15) is 35.4 Å². The molecule has 0 spiro atoms. The Balaban J connectivity index is 1.64. The van der Waals surface area contributed by atoms with Gasteiger partial charge in [-0.1, -0.05) is 49.4 Å². The lowest BCUT2D eigenvalue weighted by Crippen LogP contribution is -2.22. The molecule has 2 N–H and O–H groups in total. The maximum Gasteiger partial charge on any atom is 0.293 e. The monoisotopic (exact) mass is 443 g/mol. The first kappa shape index (κ1) is 21.8. The number of furan rings is 1. The van der Waals surface area contributed by atoms with Gasteiger partial charge in [0.05, 0.1) is 10.8 Å². The van der Waals surface area contributed by atoms with Crippen LogP contribution in [-0.2, 0) is 4.79 Å². The highest BCUT2D eigenvalue weighted by atomic mass is 16.6. The number of amides is 2. The molecule has 8 heteroatoms. The molecular formula is C25H21N3O5. The van der Waals surface area contributed by atoms with Crippen molar-refractivity contribution in [3.8, 4) is 0 Å². The van der Waals surface area contributed by atoms with Gasteiger partial charge in [0.15, 0.2) is 0 Å². The van der Waals surface area contributed by atoms with Gasteiger partial charge >= 0.3 is 0 Å². The number of benzene rings is 3. The van der Waals surface area contributed by atoms with E-state index in [1.807, 2.05) is 37.3 Å². The molecule has 0 saturated heterocycles. The van der Waals surface area contributed by atoms with Crippen LogP contribution in [0.4, 0.5) is 17.1 Å². The predicted molar refractivity (Wildman–Crippen MR) is 125 cm³/mol. The Bertz CT molecular complexity index is 1310. The number of hydrogen-bond donors (Lipinski definition) is 2. The molecule has 1 aromatic heterocycles. The van der Waals surface area contributed by atoms with Crippen molar-refractivity contribution in [2.45, 2.75) is 19.3 Å². The van der Waals surface area contributed by atoms with Gasteiger partial charge in [-0.05, 0) is 36.2 Å². The van der Waals surface area contributed by atoms with E-state index in [1.54, 1.807) is 24.3 Å². The number of non-ortho nitro benzene ring substituents is 1. The third kappa shape index (κ3) is 4.59. The predicted octanol–water partition coefficient (Wildman–Crippen LogP) is 5.73. The molecule has 2 amide bonds. The van der Waals surface area contributed by atoms with Crippen LogP contribution >= 0.6 is 0 Å². The molecule has 0 aliphatic rings. The largest absolute Gasteiger partial charge is 0.449 e. The molecule has 0 saturated carbocycles. The summed E-state index contributed by atoms with van der Waals surface area (Å²) in [6.45, 7) is 1.92. The number of nitro groups is 1. The highest BCUT2D eigenvalue weighted by molar-refractivity contribution is 6.15. The first-order valence-electron chi connectivity index (χ1n) is 10.4. The lowest BCUT2D eigenvalue weighted by molar-refractivity contribution is -0.384. The van der Waals surface area contributed by atoms with E-state index in [9.17, 15) is 19.7 Å². The molecule has 8 nitrogen and oxygen atoms in total. The number of nitrogens with zero attached hydrogens (tertiary/aromatic N) is 1. The summed E-state index contributed by atoms with van der Waals surface area (Å²) in [6.07, 6.45) is 0.579. The van der Waals surface area contributed by atoms with Crippen LogP contribution in [0.25, 0.3) is 11.0 Å². The van der Waals surface area contributed by atoms with Gasteiger partial charge in [0.2, 0.25) is 11.7 Å². The van der Waals surface area contributed by atoms with Crippen LogP contribution in [0.2, 0.25) is 0 Å². The number of anilines is 2. The minimum absolute atomic E-state index is 0.0502. The minimum Gasteiger partial charge on any atom is -0.449 e. The van der Waals surface area contributed by atoms with Crippen LogP contribution in [-0.4, -0.2) is 16.7 Å². The number of fused-ring (bicyclic) bond motifs is 1. The minimum atomic E-state index is -0.580. The Labute approximate surface area is 189 Å². The molecule has 0 radical (unpaired) electrons. The lowest BCUT2D eigenvalue weighted by Gasteiger charge is -2.15. The number of carbonyl (C=O) groups is 2. The second-order valence-electron chi connectivity index (χ2n) is 7.42. The Hall–Kier alpha value is -4.46. The Kier molecular flexibility index (Phi) is 6.17. The number of nitro benzene ring substituents is 1. The van der Waals surface area contributed by atoms with Gasteiger partial charge < -0.3 is 15.1 Å². The van der Waals surface area contributed by atoms with Crippen LogP contribution in [0.3, 0.4) is 0 Å². The quantitative estimate of drug-likeness (QED) is 0.280. The van der Waals surface area contributed by atoms with E-state index in [-0.39, 0.29) is 23.0 Å². The van der Waals surface area contributed by atoms with E-state index in [0.29, 0.717) is 23.1 Å². The summed E-state index contributed by atoms with van der Waals surface area (Å²) in [6, 6.07) is 21.9. The summed E-state index contributed by atoms with van der Waals surface area (Å²) >= 11 is 0. The van der Waals surface area contributed by atoms with E-state index in [0.717, 1.165) is 5.56 Å². The smallest absolute Gasteiger partial charge is 0.293 e. The molecule has 0 fully saturated rings. The van der Waals surface area contributed by atoms with Crippen LogP contribution < -0.4 is 10.6 Å². The van der Waals surface area contributed by atoms with Crippen molar-refractivity contribution in [2.24, 2.45) is 0 Å². The molecular weight excluding hydrogens is 422 g/mol. The lowest BCUT2D eigenvalue weighted by atomic mass is 9.95. The van der Waals surface area contributed by atoms with Crippen molar-refractivity contribution >= 4 is 39.8 Å². The van der Waals surface area contributed by atoms with Gasteiger partial charge in [-0.15, -0.1) is 0 Å². The second kappa shape index (κ2) is 9.35. The van der Waals surface area contributed by atoms with Crippen molar-refractivity contribution in [1.82, 2.24) is 0 Å². The average molecular weight is 443 g/mol. The number of para-hydroxylation sites is 1. The Morgan fingerprint density at radius 2 is 1.61 bits per heavy atom. The third-order valence-electron chi connectivity index (χ3n) is 5.31. The van der Waals surface area contributed by atoms with E-state index in [2.05, 4.69) is 10.6 Å². The van der Waals surface area contributed by atoms with Gasteiger partial charge in [0, 0.05) is 23.2 Å². The fourth-order valence-corrected chi connectivity index (χ4v) is 3.65. The zero-order chi connectivity index (χ0) is 23.4. The molecule has 1 unspecified atom stereocenters. The molecule has 33 heavy (non-hydrogen) atoms. The van der Waals surface area contributed by atoms with Gasteiger partial charge in [-0.25, -0.2) is 0 Å². The first-order valence-corrected chi connectivity index (χ1v) is 10.4. The van der Waals surface area contributed by atoms with Crippen molar-refractivity contribution < 1.29 is 18.9 Å². The Morgan fingerprint density at radius 3 is 2.27 bits per heavy atom. The number of carbonyl (C=O) groups excluding carboxylic acids is 2.